The van der Waals surface area contributed by atoms with Crippen LogP contribution in [0.1, 0.15) is 43.4 Å². The van der Waals surface area contributed by atoms with Gasteiger partial charge in [-0.2, -0.15) is 0 Å². The second-order valence-corrected chi connectivity index (χ2v) is 8.00. The van der Waals surface area contributed by atoms with Crippen LogP contribution in [0.3, 0.4) is 0 Å². The summed E-state index contributed by atoms with van der Waals surface area (Å²) in [5.41, 5.74) is 2.50. The lowest BCUT2D eigenvalue weighted by Crippen LogP contribution is -2.23. The van der Waals surface area contributed by atoms with Crippen LogP contribution in [0.2, 0.25) is 0 Å². The lowest BCUT2D eigenvalue weighted by molar-refractivity contribution is 0.356. The van der Waals surface area contributed by atoms with Crippen molar-refractivity contribution in [2.75, 3.05) is 25.2 Å². The number of rotatable bonds is 8. The highest BCUT2D eigenvalue weighted by Gasteiger charge is 2.17. The van der Waals surface area contributed by atoms with Crippen LogP contribution in [-0.2, 0) is 16.3 Å². The normalized spacial score (nSPS) is 15.5. The van der Waals surface area contributed by atoms with Gasteiger partial charge in [-0.25, -0.2) is 8.42 Å². The van der Waals surface area contributed by atoms with Gasteiger partial charge < -0.3 is 10.1 Å². The third kappa shape index (κ3) is 5.00. The highest BCUT2D eigenvalue weighted by Crippen LogP contribution is 2.29. The first-order chi connectivity index (χ1) is 9.99. The molecule has 4 nitrogen and oxygen atoms in total. The summed E-state index contributed by atoms with van der Waals surface area (Å²) in [6.45, 7) is 3.84. The molecule has 1 atom stereocenters. The summed E-state index contributed by atoms with van der Waals surface area (Å²) >= 11 is 0. The van der Waals surface area contributed by atoms with Gasteiger partial charge in [0.1, 0.15) is 15.6 Å². The molecule has 1 aliphatic heterocycles. The van der Waals surface area contributed by atoms with Crippen LogP contribution in [0.5, 0.6) is 5.75 Å². The molecule has 1 heterocycles. The Kier molecular flexibility index (Phi) is 5.65. The van der Waals surface area contributed by atoms with Crippen molar-refractivity contribution < 1.29 is 13.2 Å². The van der Waals surface area contributed by atoms with Crippen LogP contribution in [0.4, 0.5) is 0 Å². The van der Waals surface area contributed by atoms with Gasteiger partial charge in [0.05, 0.1) is 6.61 Å². The maximum absolute atomic E-state index is 11.3. The Bertz CT molecular complexity index is 569. The van der Waals surface area contributed by atoms with Crippen LogP contribution in [0.15, 0.2) is 18.2 Å². The number of hydrogen-bond acceptors (Lipinski definition) is 4. The van der Waals surface area contributed by atoms with E-state index in [0.29, 0.717) is 6.42 Å². The van der Waals surface area contributed by atoms with E-state index in [2.05, 4.69) is 24.4 Å². The molecule has 0 saturated heterocycles. The molecule has 1 aromatic rings. The molecular weight excluding hydrogens is 286 g/mol. The van der Waals surface area contributed by atoms with E-state index in [1.54, 1.807) is 0 Å². The van der Waals surface area contributed by atoms with Crippen molar-refractivity contribution >= 4 is 9.84 Å². The van der Waals surface area contributed by atoms with Gasteiger partial charge in [0.25, 0.3) is 0 Å². The molecule has 1 N–H and O–H groups in total. The second-order valence-electron chi connectivity index (χ2n) is 5.74. The Morgan fingerprint density at radius 1 is 1.38 bits per heavy atom. The van der Waals surface area contributed by atoms with Gasteiger partial charge in [-0.1, -0.05) is 19.1 Å². The monoisotopic (exact) mass is 311 g/mol. The van der Waals surface area contributed by atoms with Crippen molar-refractivity contribution in [1.29, 1.82) is 0 Å². The summed E-state index contributed by atoms with van der Waals surface area (Å²) in [5, 5.41) is 3.53. The molecule has 0 amide bonds. The van der Waals surface area contributed by atoms with Crippen LogP contribution in [-0.4, -0.2) is 33.6 Å². The van der Waals surface area contributed by atoms with E-state index < -0.39 is 9.84 Å². The van der Waals surface area contributed by atoms with Gasteiger partial charge in [-0.15, -0.1) is 0 Å². The number of hydrogen-bond donors (Lipinski definition) is 1. The molecule has 21 heavy (non-hydrogen) atoms. The van der Waals surface area contributed by atoms with E-state index in [1.165, 1.54) is 17.4 Å². The summed E-state index contributed by atoms with van der Waals surface area (Å²) < 4.78 is 28.1. The summed E-state index contributed by atoms with van der Waals surface area (Å²) in [4.78, 5) is 0. The standard InChI is InChI=1S/C16H25NO3S/c1-3-9-17-15(5-4-11-21(2,18)19)13-6-7-16-14(12-13)8-10-20-16/h6-7,12,15,17H,3-5,8-11H2,1-2H3. The zero-order valence-electron chi connectivity index (χ0n) is 12.9. The highest BCUT2D eigenvalue weighted by atomic mass is 32.2. The molecule has 0 aromatic heterocycles. The first-order valence-electron chi connectivity index (χ1n) is 7.66. The Morgan fingerprint density at radius 2 is 2.19 bits per heavy atom. The molecule has 5 heteroatoms. The highest BCUT2D eigenvalue weighted by molar-refractivity contribution is 7.90. The molecule has 0 aliphatic carbocycles. The van der Waals surface area contributed by atoms with Crippen molar-refractivity contribution in [2.45, 2.75) is 38.6 Å². The first kappa shape index (κ1) is 16.3. The van der Waals surface area contributed by atoms with E-state index in [0.717, 1.165) is 38.2 Å². The lowest BCUT2D eigenvalue weighted by atomic mass is 9.99. The first-order valence-corrected chi connectivity index (χ1v) is 9.72. The second kappa shape index (κ2) is 7.27. The molecule has 1 aliphatic rings. The molecule has 0 fully saturated rings. The third-order valence-electron chi connectivity index (χ3n) is 3.76. The van der Waals surface area contributed by atoms with Crippen LogP contribution < -0.4 is 10.1 Å². The fourth-order valence-electron chi connectivity index (χ4n) is 2.68. The number of benzene rings is 1. The van der Waals surface area contributed by atoms with Crippen LogP contribution in [0, 0.1) is 0 Å². The van der Waals surface area contributed by atoms with Crippen LogP contribution in [0.25, 0.3) is 0 Å². The molecule has 0 radical (unpaired) electrons. The van der Waals surface area contributed by atoms with Crippen molar-refractivity contribution in [3.8, 4) is 5.75 Å². The average Bonchev–Trinajstić information content (AvgIpc) is 2.88. The molecular formula is C16H25NO3S. The summed E-state index contributed by atoms with van der Waals surface area (Å²) in [6.07, 6.45) is 4.86. The Hall–Kier alpha value is -1.07. The fraction of sp³-hybridized carbons (Fsp3) is 0.625. The van der Waals surface area contributed by atoms with Crippen molar-refractivity contribution in [2.24, 2.45) is 0 Å². The molecule has 118 valence electrons. The van der Waals surface area contributed by atoms with Gasteiger partial charge in [0.15, 0.2) is 0 Å². The summed E-state index contributed by atoms with van der Waals surface area (Å²) in [7, 11) is -2.88. The summed E-state index contributed by atoms with van der Waals surface area (Å²) in [6, 6.07) is 6.56. The van der Waals surface area contributed by atoms with Gasteiger partial charge in [-0.05, 0) is 43.0 Å². The van der Waals surface area contributed by atoms with Gasteiger partial charge >= 0.3 is 0 Å². The molecule has 1 aromatic carbocycles. The predicted molar refractivity (Wildman–Crippen MR) is 85.6 cm³/mol. The summed E-state index contributed by atoms with van der Waals surface area (Å²) in [5.74, 6) is 1.25. The molecule has 2 rings (SSSR count). The van der Waals surface area contributed by atoms with E-state index in [-0.39, 0.29) is 11.8 Å². The maximum atomic E-state index is 11.3. The minimum absolute atomic E-state index is 0.220. The zero-order chi connectivity index (χ0) is 15.3. The minimum atomic E-state index is -2.88. The predicted octanol–water partition coefficient (Wildman–Crippen LogP) is 2.49. The molecule has 0 saturated carbocycles. The number of fused-ring (bicyclic) bond motifs is 1. The molecule has 0 spiro atoms. The Balaban J connectivity index is 2.04. The fourth-order valence-corrected chi connectivity index (χ4v) is 3.37. The van der Waals surface area contributed by atoms with E-state index in [4.69, 9.17) is 4.74 Å². The quantitative estimate of drug-likeness (QED) is 0.801. The van der Waals surface area contributed by atoms with E-state index in [1.807, 2.05) is 6.07 Å². The Morgan fingerprint density at radius 3 is 2.90 bits per heavy atom. The van der Waals surface area contributed by atoms with Crippen molar-refractivity contribution in [3.63, 3.8) is 0 Å². The smallest absolute Gasteiger partial charge is 0.147 e. The topological polar surface area (TPSA) is 55.4 Å². The van der Waals surface area contributed by atoms with Crippen molar-refractivity contribution in [1.82, 2.24) is 5.32 Å². The van der Waals surface area contributed by atoms with Gasteiger partial charge in [0, 0.05) is 24.5 Å². The van der Waals surface area contributed by atoms with E-state index in [9.17, 15) is 8.42 Å². The van der Waals surface area contributed by atoms with Gasteiger partial charge in [0.2, 0.25) is 0 Å². The van der Waals surface area contributed by atoms with Crippen LogP contribution >= 0.6 is 0 Å². The largest absolute Gasteiger partial charge is 0.493 e. The zero-order valence-corrected chi connectivity index (χ0v) is 13.7. The van der Waals surface area contributed by atoms with Gasteiger partial charge in [-0.3, -0.25) is 0 Å². The van der Waals surface area contributed by atoms with Crippen molar-refractivity contribution in [3.05, 3.63) is 29.3 Å². The SMILES string of the molecule is CCCNC(CCCS(C)(=O)=O)c1ccc2c(c1)CCO2. The van der Waals surface area contributed by atoms with E-state index >= 15 is 0 Å². The number of nitrogens with one attached hydrogen (secondary N) is 1. The number of sulfone groups is 1. The maximum Gasteiger partial charge on any atom is 0.147 e. The average molecular weight is 311 g/mol. The molecule has 0 bridgehead atoms. The molecule has 1 unspecified atom stereocenters. The number of ether oxygens (including phenoxy) is 1. The third-order valence-corrected chi connectivity index (χ3v) is 4.79. The lowest BCUT2D eigenvalue weighted by Gasteiger charge is -2.19. The minimum Gasteiger partial charge on any atom is -0.493 e. The Labute approximate surface area is 127 Å².